The Kier molecular flexibility index (Phi) is 5.81. The van der Waals surface area contributed by atoms with Crippen LogP contribution in [0.2, 0.25) is 0 Å². The minimum Gasteiger partial charge on any atom is -0.490 e. The van der Waals surface area contributed by atoms with Gasteiger partial charge in [0.15, 0.2) is 17.2 Å². The molecular weight excluding hydrogens is 446 g/mol. The summed E-state index contributed by atoms with van der Waals surface area (Å²) in [5, 5.41) is 8.87. The first-order valence-electron chi connectivity index (χ1n) is 11.7. The van der Waals surface area contributed by atoms with Gasteiger partial charge in [-0.1, -0.05) is 23.8 Å². The Balaban J connectivity index is 1.68. The Morgan fingerprint density at radius 1 is 1.09 bits per heavy atom. The Hall–Kier alpha value is -3.32. The number of hydrogen-bond donors (Lipinski definition) is 0. The quantitative estimate of drug-likeness (QED) is 0.416. The van der Waals surface area contributed by atoms with E-state index in [-0.39, 0.29) is 5.78 Å². The fourth-order valence-electron chi connectivity index (χ4n) is 4.85. The molecule has 0 amide bonds. The number of thiophene rings is 1. The maximum absolute atomic E-state index is 13.5. The number of amidine groups is 1. The first-order valence-corrected chi connectivity index (χ1v) is 12.6. The molecule has 0 aliphatic carbocycles. The molecule has 3 aromatic rings. The normalized spacial score (nSPS) is 18.9. The second-order valence-corrected chi connectivity index (χ2v) is 9.57. The highest BCUT2D eigenvalue weighted by Gasteiger charge is 2.52. The van der Waals surface area contributed by atoms with Crippen molar-refractivity contribution in [3.8, 4) is 11.5 Å². The molecule has 5 rings (SSSR count). The number of ether oxygens (including phenoxy) is 2. The van der Waals surface area contributed by atoms with Crippen molar-refractivity contribution in [2.75, 3.05) is 24.8 Å². The third kappa shape index (κ3) is 3.55. The van der Waals surface area contributed by atoms with E-state index < -0.39 is 5.66 Å². The van der Waals surface area contributed by atoms with Crippen LogP contribution in [0.15, 0.2) is 59.0 Å². The highest BCUT2D eigenvalue weighted by molar-refractivity contribution is 7.13. The van der Waals surface area contributed by atoms with E-state index in [0.29, 0.717) is 36.2 Å². The van der Waals surface area contributed by atoms with Crippen molar-refractivity contribution in [2.24, 2.45) is 5.10 Å². The zero-order valence-corrected chi connectivity index (χ0v) is 20.8. The number of carbonyl (C=O) groups is 1. The molecule has 2 aromatic carbocycles. The largest absolute Gasteiger partial charge is 0.490 e. The summed E-state index contributed by atoms with van der Waals surface area (Å²) in [4.78, 5) is 16.4. The maximum Gasteiger partial charge on any atom is 0.239 e. The lowest BCUT2D eigenvalue weighted by molar-refractivity contribution is 0.103. The third-order valence-corrected chi connectivity index (χ3v) is 7.37. The number of hydrogen-bond acceptors (Lipinski definition) is 7. The predicted octanol–water partition coefficient (Wildman–Crippen LogP) is 5.60. The van der Waals surface area contributed by atoms with Crippen molar-refractivity contribution in [1.29, 1.82) is 0 Å². The van der Waals surface area contributed by atoms with Crippen LogP contribution in [-0.2, 0) is 12.1 Å². The van der Waals surface area contributed by atoms with Gasteiger partial charge in [0.25, 0.3) is 0 Å². The van der Waals surface area contributed by atoms with Gasteiger partial charge in [-0.05, 0) is 75.4 Å². The number of aryl methyl sites for hydroxylation is 1. The summed E-state index contributed by atoms with van der Waals surface area (Å²) >= 11 is 1.45. The van der Waals surface area contributed by atoms with Crippen LogP contribution in [0.25, 0.3) is 0 Å². The number of Topliss-reactive ketones (excluding diaryl/α,β-unsaturated/α-hetero) is 1. The van der Waals surface area contributed by atoms with E-state index >= 15 is 0 Å². The van der Waals surface area contributed by atoms with E-state index in [1.807, 2.05) is 36.4 Å². The molecule has 0 N–H and O–H groups in total. The van der Waals surface area contributed by atoms with Gasteiger partial charge in [-0.25, -0.2) is 5.01 Å². The van der Waals surface area contributed by atoms with E-state index in [4.69, 9.17) is 14.6 Å². The van der Waals surface area contributed by atoms with Gasteiger partial charge < -0.3 is 14.4 Å². The summed E-state index contributed by atoms with van der Waals surface area (Å²) in [5.41, 5.74) is 3.69. The van der Waals surface area contributed by atoms with Crippen LogP contribution < -0.4 is 14.5 Å². The maximum atomic E-state index is 13.5. The van der Waals surface area contributed by atoms with Crippen LogP contribution in [0.3, 0.4) is 0 Å². The van der Waals surface area contributed by atoms with Gasteiger partial charge >= 0.3 is 0 Å². The standard InChI is InChI=1S/C27H29N3O3S/c1-5-32-22-16-19-13-14-29-26(25(31)24-8-7-15-34-24)28-30(20-11-9-18(3)10-12-20)27(29,4)21(19)17-23(22)33-6-2/h7-12,15-17H,5-6,13-14H2,1-4H3. The zero-order valence-electron chi connectivity index (χ0n) is 20.0. The molecule has 1 atom stereocenters. The summed E-state index contributed by atoms with van der Waals surface area (Å²) in [6.07, 6.45) is 0.788. The first-order chi connectivity index (χ1) is 16.5. The molecule has 176 valence electrons. The number of rotatable bonds is 7. The molecule has 0 saturated carbocycles. The van der Waals surface area contributed by atoms with Gasteiger partial charge in [-0.3, -0.25) is 4.79 Å². The van der Waals surface area contributed by atoms with Crippen LogP contribution in [0.4, 0.5) is 5.69 Å². The molecule has 2 aliphatic rings. The van der Waals surface area contributed by atoms with Crippen molar-refractivity contribution in [2.45, 2.75) is 39.8 Å². The van der Waals surface area contributed by atoms with E-state index in [2.05, 4.69) is 55.1 Å². The monoisotopic (exact) mass is 475 g/mol. The number of anilines is 1. The van der Waals surface area contributed by atoms with E-state index in [1.165, 1.54) is 22.5 Å². The zero-order chi connectivity index (χ0) is 23.9. The van der Waals surface area contributed by atoms with Gasteiger partial charge in [-0.2, -0.15) is 0 Å². The van der Waals surface area contributed by atoms with Crippen LogP contribution in [0, 0.1) is 6.92 Å². The summed E-state index contributed by atoms with van der Waals surface area (Å²) < 4.78 is 11.9. The van der Waals surface area contributed by atoms with Crippen LogP contribution in [0.5, 0.6) is 11.5 Å². The van der Waals surface area contributed by atoms with Gasteiger partial charge in [0.1, 0.15) is 0 Å². The molecular formula is C27H29N3O3S. The van der Waals surface area contributed by atoms with Crippen molar-refractivity contribution in [3.63, 3.8) is 0 Å². The Morgan fingerprint density at radius 2 is 1.79 bits per heavy atom. The van der Waals surface area contributed by atoms with E-state index in [9.17, 15) is 4.79 Å². The Labute approximate surface area is 204 Å². The highest BCUT2D eigenvalue weighted by Crippen LogP contribution is 2.48. The van der Waals surface area contributed by atoms with Crippen LogP contribution >= 0.6 is 11.3 Å². The average molecular weight is 476 g/mol. The number of ketones is 1. The molecule has 7 heteroatoms. The second-order valence-electron chi connectivity index (χ2n) is 8.62. The molecule has 2 aliphatic heterocycles. The minimum atomic E-state index is -0.679. The molecule has 1 aromatic heterocycles. The molecule has 0 fully saturated rings. The summed E-state index contributed by atoms with van der Waals surface area (Å²) in [5.74, 6) is 1.90. The smallest absolute Gasteiger partial charge is 0.239 e. The summed E-state index contributed by atoms with van der Waals surface area (Å²) in [6, 6.07) is 16.2. The van der Waals surface area contributed by atoms with Gasteiger partial charge in [0.2, 0.25) is 11.6 Å². The molecule has 6 nitrogen and oxygen atoms in total. The second kappa shape index (κ2) is 8.80. The van der Waals surface area contributed by atoms with E-state index in [0.717, 1.165) is 23.4 Å². The number of fused-ring (bicyclic) bond motifs is 3. The third-order valence-electron chi connectivity index (χ3n) is 6.50. The SMILES string of the molecule is CCOc1cc2c(cc1OCC)C1(C)N(CC2)C(C(=O)c2cccs2)=NN1c1ccc(C)cc1. The lowest BCUT2D eigenvalue weighted by Gasteiger charge is -2.46. The number of carbonyl (C=O) groups excluding carboxylic acids is 1. The lowest BCUT2D eigenvalue weighted by Crippen LogP contribution is -2.55. The van der Waals surface area contributed by atoms with E-state index in [1.54, 1.807) is 0 Å². The Morgan fingerprint density at radius 3 is 2.44 bits per heavy atom. The topological polar surface area (TPSA) is 54.4 Å². The number of benzene rings is 2. The fraction of sp³-hybridized carbons (Fsp3) is 0.333. The van der Waals surface area contributed by atoms with Gasteiger partial charge in [0, 0.05) is 12.1 Å². The highest BCUT2D eigenvalue weighted by atomic mass is 32.1. The number of hydrazone groups is 1. The fourth-order valence-corrected chi connectivity index (χ4v) is 5.51. The molecule has 0 radical (unpaired) electrons. The molecule has 3 heterocycles. The lowest BCUT2D eigenvalue weighted by atomic mass is 9.87. The van der Waals surface area contributed by atoms with Crippen LogP contribution in [0.1, 0.15) is 47.1 Å². The first kappa shape index (κ1) is 22.5. The molecule has 0 bridgehead atoms. The summed E-state index contributed by atoms with van der Waals surface area (Å²) in [7, 11) is 0. The number of nitrogens with zero attached hydrogens (tertiary/aromatic N) is 3. The van der Waals surface area contributed by atoms with Gasteiger partial charge in [0.05, 0.1) is 23.8 Å². The van der Waals surface area contributed by atoms with Gasteiger partial charge in [-0.15, -0.1) is 16.4 Å². The molecule has 1 unspecified atom stereocenters. The minimum absolute atomic E-state index is 0.0461. The molecule has 0 saturated heterocycles. The van der Waals surface area contributed by atoms with Crippen molar-refractivity contribution in [1.82, 2.24) is 4.90 Å². The Bertz CT molecular complexity index is 1240. The predicted molar refractivity (Wildman–Crippen MR) is 136 cm³/mol. The van der Waals surface area contributed by atoms with Crippen LogP contribution in [-0.4, -0.2) is 36.3 Å². The molecule has 34 heavy (non-hydrogen) atoms. The van der Waals surface area contributed by atoms with Crippen molar-refractivity contribution in [3.05, 3.63) is 75.5 Å². The summed E-state index contributed by atoms with van der Waals surface area (Å²) in [6.45, 7) is 9.94. The average Bonchev–Trinajstić information content (AvgIpc) is 3.47. The molecule has 0 spiro atoms. The van der Waals surface area contributed by atoms with Crippen molar-refractivity contribution >= 4 is 28.6 Å². The van der Waals surface area contributed by atoms with Crippen molar-refractivity contribution < 1.29 is 14.3 Å².